The highest BCUT2D eigenvalue weighted by molar-refractivity contribution is 5.84. The molecule has 19 aliphatic carbocycles. The molecule has 0 spiro atoms. The van der Waals surface area contributed by atoms with Crippen molar-refractivity contribution in [3.63, 3.8) is 0 Å². The van der Waals surface area contributed by atoms with Crippen LogP contribution in [0.5, 0.6) is 0 Å². The molecule has 14 nitrogen and oxygen atoms in total. The number of carbonyl (C=O) groups is 6. The van der Waals surface area contributed by atoms with E-state index < -0.39 is 12.1 Å². The Morgan fingerprint density at radius 3 is 0.986 bits per heavy atom. The van der Waals surface area contributed by atoms with Crippen LogP contribution in [0, 0.1) is 49.2 Å². The molecule has 416 valence electrons. The number of alkyl halides is 3. The smallest absolute Gasteiger partial charge is 0.475 e. The number of ether oxygens (including phenoxy) is 1. The van der Waals surface area contributed by atoms with Gasteiger partial charge in [-0.1, -0.05) is 62.8 Å². The van der Waals surface area contributed by atoms with Gasteiger partial charge in [0.1, 0.15) is 0 Å². The Kier molecular flexibility index (Phi) is 14.3. The summed E-state index contributed by atoms with van der Waals surface area (Å²) < 4.78 is 36.4. The molecule has 17 heteroatoms. The van der Waals surface area contributed by atoms with E-state index in [0.717, 1.165) is 55.3 Å². The van der Waals surface area contributed by atoms with E-state index in [1.165, 1.54) is 104 Å². The summed E-state index contributed by atoms with van der Waals surface area (Å²) in [6, 6.07) is 0. The highest BCUT2D eigenvalue weighted by atomic mass is 19.4. The van der Waals surface area contributed by atoms with Gasteiger partial charge in [-0.15, -0.1) is 0 Å². The molecule has 0 heterocycles. The van der Waals surface area contributed by atoms with Gasteiger partial charge < -0.3 is 42.6 Å². The van der Waals surface area contributed by atoms with Crippen LogP contribution in [0.4, 0.5) is 13.2 Å². The normalized spacial score (nSPS) is 43.8. The number of halogens is 3. The number of amides is 4. The average molecular weight is 1040 g/mol. The quantitative estimate of drug-likeness (QED) is 0.125. The second-order valence-electron chi connectivity index (χ2n) is 29.6. The predicted molar refractivity (Wildman–Crippen MR) is 273 cm³/mol. The van der Waals surface area contributed by atoms with Crippen LogP contribution in [0.25, 0.3) is 0 Å². The van der Waals surface area contributed by atoms with Gasteiger partial charge in [-0.05, 0) is 172 Å². The maximum Gasteiger partial charge on any atom is 0.490 e. The molecule has 0 aliphatic heterocycles. The number of esters is 1. The first-order valence-electron chi connectivity index (χ1n) is 26.5. The van der Waals surface area contributed by atoms with Crippen LogP contribution in [0.1, 0.15) is 219 Å². The minimum atomic E-state index is -5.08. The van der Waals surface area contributed by atoms with E-state index in [1.54, 1.807) is 20.8 Å². The fourth-order valence-electron chi connectivity index (χ4n) is 17.2. The lowest BCUT2D eigenvalue weighted by molar-refractivity contribution is -0.248. The van der Waals surface area contributed by atoms with Gasteiger partial charge in [-0.2, -0.15) is 13.2 Å². The highest BCUT2D eigenvalue weighted by Crippen LogP contribution is 2.79. The number of hydrogen-bond acceptors (Lipinski definition) is 9. The first kappa shape index (κ1) is 58.8. The third kappa shape index (κ3) is 11.1. The summed E-state index contributed by atoms with van der Waals surface area (Å²) in [4.78, 5) is 63.1. The van der Waals surface area contributed by atoms with Crippen LogP contribution in [-0.4, -0.2) is 87.2 Å². The zero-order chi connectivity index (χ0) is 54.2. The van der Waals surface area contributed by atoms with Crippen molar-refractivity contribution < 1.29 is 51.8 Å². The Labute approximate surface area is 433 Å². The SMILES string of the molecule is C.CC(=O)NC12CC(C)(C1)C2.CC(=O)NC12CC(C3CC3)(C1)C2.CC(=O)NC12CC(N)(C1)C2.CC(C)(C)C12CC(N)(C1)C2.CC12CC(C(C)(C)C)(C1)C2.COC(=O)C12CC(NC(C)=O)(C1)C2.O=C(O)C(F)(F)F. The summed E-state index contributed by atoms with van der Waals surface area (Å²) in [7, 11) is 1.41. The van der Waals surface area contributed by atoms with E-state index in [9.17, 15) is 37.1 Å². The lowest BCUT2D eigenvalue weighted by atomic mass is 9.30. The summed E-state index contributed by atoms with van der Waals surface area (Å²) in [5.74, 6) is -1.51. The van der Waals surface area contributed by atoms with Gasteiger partial charge in [-0.3, -0.25) is 24.0 Å². The summed E-state index contributed by atoms with van der Waals surface area (Å²) in [5, 5.41) is 19.0. The van der Waals surface area contributed by atoms with Crippen LogP contribution in [-0.2, 0) is 33.5 Å². The number of nitrogens with two attached hydrogens (primary N) is 2. The van der Waals surface area contributed by atoms with Gasteiger partial charge in [0.2, 0.25) is 23.6 Å². The number of carboxylic acid groups (broad SMARTS) is 1. The highest BCUT2D eigenvalue weighted by Gasteiger charge is 2.74. The largest absolute Gasteiger partial charge is 0.490 e. The van der Waals surface area contributed by atoms with Crippen LogP contribution < -0.4 is 32.7 Å². The molecule has 0 aromatic carbocycles. The maximum atomic E-state index is 11.2. The van der Waals surface area contributed by atoms with Gasteiger partial charge in [0.05, 0.1) is 12.5 Å². The van der Waals surface area contributed by atoms with Gasteiger partial charge in [0, 0.05) is 60.9 Å². The molecule has 19 aliphatic rings. The Morgan fingerprint density at radius 2 is 0.781 bits per heavy atom. The number of carbonyl (C=O) groups excluding carboxylic acids is 5. The monoisotopic (exact) mass is 1030 g/mol. The van der Waals surface area contributed by atoms with Gasteiger partial charge in [0.15, 0.2) is 0 Å². The van der Waals surface area contributed by atoms with Crippen LogP contribution >= 0.6 is 0 Å². The number of carboxylic acids is 1. The van der Waals surface area contributed by atoms with Crippen LogP contribution in [0.3, 0.4) is 0 Å². The lowest BCUT2D eigenvalue weighted by Gasteiger charge is -2.75. The molecule has 19 fully saturated rings. The minimum Gasteiger partial charge on any atom is -0.475 e. The number of rotatable bonds is 6. The number of methoxy groups -OCH3 is 1. The van der Waals surface area contributed by atoms with E-state index in [4.69, 9.17) is 26.1 Å². The number of nitrogens with one attached hydrogen (secondary N) is 4. The fraction of sp³-hybridized carbons (Fsp3) is 0.893. The third-order valence-electron chi connectivity index (χ3n) is 20.1. The van der Waals surface area contributed by atoms with Crippen molar-refractivity contribution in [3.05, 3.63) is 0 Å². The van der Waals surface area contributed by atoms with Crippen molar-refractivity contribution in [3.8, 4) is 0 Å². The zero-order valence-electron chi connectivity index (χ0n) is 45.8. The fourth-order valence-corrected chi connectivity index (χ4v) is 17.2. The third-order valence-corrected chi connectivity index (χ3v) is 20.1. The van der Waals surface area contributed by atoms with E-state index in [2.05, 4.69) is 76.7 Å². The molecule has 0 aromatic heterocycles. The van der Waals surface area contributed by atoms with E-state index in [1.807, 2.05) is 0 Å². The molecule has 0 unspecified atom stereocenters. The molecular formula is C56H93F3N6O8. The zero-order valence-corrected chi connectivity index (χ0v) is 45.8. The first-order chi connectivity index (χ1) is 32.4. The molecular weight excluding hydrogens is 942 g/mol. The van der Waals surface area contributed by atoms with E-state index in [-0.39, 0.29) is 75.7 Å². The van der Waals surface area contributed by atoms with Crippen molar-refractivity contribution in [2.75, 3.05) is 7.11 Å². The Hall–Kier alpha value is -3.47. The van der Waals surface area contributed by atoms with Crippen LogP contribution in [0.2, 0.25) is 0 Å². The predicted octanol–water partition coefficient (Wildman–Crippen LogP) is 8.90. The summed E-state index contributed by atoms with van der Waals surface area (Å²) in [6.45, 7) is 25.2. The van der Waals surface area contributed by atoms with Crippen molar-refractivity contribution in [2.45, 2.75) is 258 Å². The van der Waals surface area contributed by atoms with Crippen molar-refractivity contribution in [2.24, 2.45) is 60.7 Å². The average Bonchev–Trinajstić information content (AvgIpc) is 3.89. The Morgan fingerprint density at radius 1 is 0.507 bits per heavy atom. The molecule has 0 aromatic rings. The second kappa shape index (κ2) is 17.8. The Balaban J connectivity index is 0.000000140. The number of aliphatic carboxylic acids is 1. The molecule has 0 atom stereocenters. The van der Waals surface area contributed by atoms with Gasteiger partial charge in [-0.25, -0.2) is 4.79 Å². The maximum absolute atomic E-state index is 11.2. The van der Waals surface area contributed by atoms with Crippen molar-refractivity contribution >= 4 is 35.6 Å². The molecule has 19 rings (SSSR count). The second-order valence-corrected chi connectivity index (χ2v) is 29.6. The molecule has 9 N–H and O–H groups in total. The lowest BCUT2D eigenvalue weighted by Crippen LogP contribution is -2.82. The summed E-state index contributed by atoms with van der Waals surface area (Å²) >= 11 is 0. The standard InChI is InChI=1S/C10H15NO.C10H18.C9H13NO3.C9H17N.C8H13NO.C7H12N2O.C2HF3O2.CH4/c1-7(12)11-10-4-9(5-10,6-10)8-2-3-8;1-8(2,3)10-5-9(4,6-10)7-10;1-6(11)10-9-3-8(4-9,5-9)7(12)13-2;1-7(2,3)8-4-9(10,5-8)6-8;1-6(10)9-8-3-7(2,4-8)5-8;1-5(10)9-7-2-6(8,3-7)4-7;3-2(4,5)1(6)7;/h8H,2-6H2,1H3,(H,11,12);5-7H2,1-4H3;3-5H2,1-2H3,(H,10,11);4-6,10H2,1-3H3;3-5H2,1-2H3,(H,9,10);2-4,8H2,1H3,(H,9,10);(H,6,7);1H4. The number of hydrogen-bond donors (Lipinski definition) is 7. The minimum absolute atomic E-state index is 0. The summed E-state index contributed by atoms with van der Waals surface area (Å²) in [6.07, 6.45) is 18.9. The van der Waals surface area contributed by atoms with Crippen LogP contribution in [0.15, 0.2) is 0 Å². The van der Waals surface area contributed by atoms with Crippen molar-refractivity contribution in [1.82, 2.24) is 21.3 Å². The molecule has 0 radical (unpaired) electrons. The topological polar surface area (TPSA) is 232 Å². The van der Waals surface area contributed by atoms with E-state index in [0.29, 0.717) is 27.1 Å². The molecule has 4 amide bonds. The summed E-state index contributed by atoms with van der Waals surface area (Å²) in [5.41, 5.74) is 17.0. The van der Waals surface area contributed by atoms with E-state index >= 15 is 0 Å². The first-order valence-corrected chi connectivity index (χ1v) is 26.5. The molecule has 73 heavy (non-hydrogen) atoms. The van der Waals surface area contributed by atoms with Crippen molar-refractivity contribution in [1.29, 1.82) is 0 Å². The van der Waals surface area contributed by atoms with Gasteiger partial charge in [0.25, 0.3) is 0 Å². The van der Waals surface area contributed by atoms with Gasteiger partial charge >= 0.3 is 18.1 Å². The molecule has 19 saturated carbocycles. The Bertz CT molecular complexity index is 2040. The molecule has 0 saturated heterocycles. The molecule has 12 bridgehead atoms.